The second-order valence-electron chi connectivity index (χ2n) is 7.75. The highest BCUT2D eigenvalue weighted by Crippen LogP contribution is 2.16. The van der Waals surface area contributed by atoms with Crippen LogP contribution in [-0.4, -0.2) is 22.8 Å². The number of aryl methyl sites for hydroxylation is 1. The van der Waals surface area contributed by atoms with E-state index >= 15 is 0 Å². The Hall–Kier alpha value is -1.99. The molecule has 0 unspecified atom stereocenters. The molecule has 152 valence electrons. The molecule has 5 nitrogen and oxygen atoms in total. The number of thiazole rings is 1. The standard InChI is InChI=1S/C21H28N2O3S2/c1-6-7-10-22-18(25)13-23-19(12-17(24)21(3,4)5)28-16(20(23)26)11-15-9-8-14(2)27-15/h8-9,11-12H,6-7,10,13H2,1-5H3,(H,22,25)/b16-11-,19-12-. The molecule has 0 aliphatic rings. The van der Waals surface area contributed by atoms with Crippen LogP contribution in [0.15, 0.2) is 16.9 Å². The molecule has 0 aliphatic heterocycles. The minimum atomic E-state index is -0.553. The second-order valence-corrected chi connectivity index (χ2v) is 10.1. The normalized spacial score (nSPS) is 13.2. The molecule has 0 spiro atoms. The van der Waals surface area contributed by atoms with Crippen LogP contribution in [0, 0.1) is 12.3 Å². The van der Waals surface area contributed by atoms with Gasteiger partial charge in [-0.3, -0.25) is 19.0 Å². The Kier molecular flexibility index (Phi) is 7.55. The Morgan fingerprint density at radius 1 is 1.21 bits per heavy atom. The molecule has 0 aromatic carbocycles. The Morgan fingerprint density at radius 3 is 2.50 bits per heavy atom. The number of nitrogens with one attached hydrogen (secondary N) is 1. The molecule has 2 aromatic rings. The van der Waals surface area contributed by atoms with Gasteiger partial charge in [0.25, 0.3) is 5.56 Å². The van der Waals surface area contributed by atoms with E-state index in [1.54, 1.807) is 11.3 Å². The van der Waals surface area contributed by atoms with Gasteiger partial charge in [-0.15, -0.1) is 22.7 Å². The highest BCUT2D eigenvalue weighted by Gasteiger charge is 2.20. The van der Waals surface area contributed by atoms with Crippen LogP contribution in [0.5, 0.6) is 0 Å². The van der Waals surface area contributed by atoms with Crippen molar-refractivity contribution in [1.82, 2.24) is 9.88 Å². The first-order chi connectivity index (χ1) is 13.1. The van der Waals surface area contributed by atoms with E-state index < -0.39 is 5.41 Å². The van der Waals surface area contributed by atoms with E-state index in [0.29, 0.717) is 15.7 Å². The van der Waals surface area contributed by atoms with Gasteiger partial charge in [0.05, 0.1) is 4.53 Å². The number of carbonyl (C=O) groups is 2. The lowest BCUT2D eigenvalue weighted by Gasteiger charge is -2.13. The van der Waals surface area contributed by atoms with Crippen molar-refractivity contribution in [2.45, 2.75) is 54.0 Å². The Labute approximate surface area is 173 Å². The van der Waals surface area contributed by atoms with Crippen LogP contribution >= 0.6 is 22.7 Å². The van der Waals surface area contributed by atoms with Crippen molar-refractivity contribution in [3.8, 4) is 0 Å². The maximum Gasteiger partial charge on any atom is 0.269 e. The van der Waals surface area contributed by atoms with E-state index in [1.807, 2.05) is 45.9 Å². The molecule has 1 amide bonds. The fraction of sp³-hybridized carbons (Fsp3) is 0.476. The third-order valence-corrected chi connectivity index (χ3v) is 6.13. The van der Waals surface area contributed by atoms with Crippen LogP contribution in [0.2, 0.25) is 0 Å². The molecule has 7 heteroatoms. The number of hydrogen-bond acceptors (Lipinski definition) is 5. The zero-order valence-corrected chi connectivity index (χ0v) is 18.8. The molecule has 0 saturated heterocycles. The van der Waals surface area contributed by atoms with Crippen molar-refractivity contribution >= 4 is 46.5 Å². The summed E-state index contributed by atoms with van der Waals surface area (Å²) in [6.45, 7) is 10.1. The van der Waals surface area contributed by atoms with Crippen molar-refractivity contribution in [2.75, 3.05) is 6.54 Å². The zero-order chi connectivity index (χ0) is 20.9. The summed E-state index contributed by atoms with van der Waals surface area (Å²) in [7, 11) is 0. The fourth-order valence-corrected chi connectivity index (χ4v) is 4.31. The third-order valence-electron chi connectivity index (χ3n) is 4.12. The molecule has 2 rings (SSSR count). The summed E-state index contributed by atoms with van der Waals surface area (Å²) < 4.78 is 2.44. The average Bonchev–Trinajstić information content (AvgIpc) is 3.13. The summed E-state index contributed by atoms with van der Waals surface area (Å²) >= 11 is 2.85. The molecule has 0 fully saturated rings. The topological polar surface area (TPSA) is 68.2 Å². The summed E-state index contributed by atoms with van der Waals surface area (Å²) in [6.07, 6.45) is 5.19. The molecule has 2 heterocycles. The quantitative estimate of drug-likeness (QED) is 0.700. The number of ketones is 1. The van der Waals surface area contributed by atoms with Gasteiger partial charge in [0.2, 0.25) is 5.91 Å². The Balaban J connectivity index is 2.50. The van der Waals surface area contributed by atoms with Crippen LogP contribution in [0.4, 0.5) is 0 Å². The van der Waals surface area contributed by atoms with Crippen molar-refractivity contribution in [3.05, 3.63) is 41.4 Å². The van der Waals surface area contributed by atoms with Crippen LogP contribution < -0.4 is 20.1 Å². The van der Waals surface area contributed by atoms with E-state index in [2.05, 4.69) is 12.2 Å². The lowest BCUT2D eigenvalue weighted by molar-refractivity contribution is -0.122. The number of rotatable bonds is 7. The van der Waals surface area contributed by atoms with Gasteiger partial charge in [-0.2, -0.15) is 0 Å². The predicted octanol–water partition coefficient (Wildman–Crippen LogP) is 2.42. The first-order valence-electron chi connectivity index (χ1n) is 9.42. The predicted molar refractivity (Wildman–Crippen MR) is 117 cm³/mol. The summed E-state index contributed by atoms with van der Waals surface area (Å²) in [4.78, 5) is 39.8. The van der Waals surface area contributed by atoms with Gasteiger partial charge in [0, 0.05) is 27.8 Å². The molecule has 1 N–H and O–H groups in total. The van der Waals surface area contributed by atoms with E-state index in [1.165, 1.54) is 22.0 Å². The number of aromatic nitrogens is 1. The van der Waals surface area contributed by atoms with Crippen LogP contribution in [0.25, 0.3) is 12.2 Å². The number of carbonyl (C=O) groups excluding carboxylic acids is 2. The third kappa shape index (κ3) is 6.01. The van der Waals surface area contributed by atoms with Crippen LogP contribution in [-0.2, 0) is 16.1 Å². The lowest BCUT2D eigenvalue weighted by Crippen LogP contribution is -2.38. The van der Waals surface area contributed by atoms with Crippen molar-refractivity contribution in [2.24, 2.45) is 5.41 Å². The number of amides is 1. The summed E-state index contributed by atoms with van der Waals surface area (Å²) in [5.74, 6) is -0.294. The largest absolute Gasteiger partial charge is 0.355 e. The Morgan fingerprint density at radius 2 is 1.93 bits per heavy atom. The lowest BCUT2D eigenvalue weighted by atomic mass is 9.91. The van der Waals surface area contributed by atoms with Crippen LogP contribution in [0.1, 0.15) is 50.3 Å². The minimum absolute atomic E-state index is 0.0765. The zero-order valence-electron chi connectivity index (χ0n) is 17.1. The fourth-order valence-electron chi connectivity index (χ4n) is 2.39. The summed E-state index contributed by atoms with van der Waals surface area (Å²) in [5.41, 5.74) is -0.794. The Bertz CT molecular complexity index is 1020. The van der Waals surface area contributed by atoms with Gasteiger partial charge in [-0.25, -0.2) is 0 Å². The first kappa shape index (κ1) is 22.3. The molecule has 2 aromatic heterocycles. The minimum Gasteiger partial charge on any atom is -0.355 e. The maximum absolute atomic E-state index is 12.9. The van der Waals surface area contributed by atoms with Gasteiger partial charge in [0.1, 0.15) is 11.2 Å². The van der Waals surface area contributed by atoms with Crippen molar-refractivity contribution in [3.63, 3.8) is 0 Å². The number of Topliss-reactive ketones (excluding diaryl/α,β-unsaturated/α-hetero) is 1. The molecular weight excluding hydrogens is 392 g/mol. The average molecular weight is 421 g/mol. The van der Waals surface area contributed by atoms with Crippen molar-refractivity contribution in [1.29, 1.82) is 0 Å². The first-order valence-corrected chi connectivity index (χ1v) is 11.1. The SMILES string of the molecule is CCCCNC(=O)Cn1c(=O)/c(=C/c2ccc(C)s2)s/c1=C\C(=O)C(C)(C)C. The highest BCUT2D eigenvalue weighted by atomic mass is 32.1. The van der Waals surface area contributed by atoms with Gasteiger partial charge in [0.15, 0.2) is 5.78 Å². The van der Waals surface area contributed by atoms with E-state index in [4.69, 9.17) is 0 Å². The molecule has 0 saturated carbocycles. The monoisotopic (exact) mass is 420 g/mol. The van der Waals surface area contributed by atoms with Gasteiger partial charge >= 0.3 is 0 Å². The van der Waals surface area contributed by atoms with Gasteiger partial charge in [-0.05, 0) is 31.6 Å². The summed E-state index contributed by atoms with van der Waals surface area (Å²) in [6, 6.07) is 3.96. The molecule has 0 bridgehead atoms. The van der Waals surface area contributed by atoms with Crippen molar-refractivity contribution < 1.29 is 9.59 Å². The maximum atomic E-state index is 12.9. The van der Waals surface area contributed by atoms with Crippen LogP contribution in [0.3, 0.4) is 0 Å². The van der Waals surface area contributed by atoms with E-state index in [9.17, 15) is 14.4 Å². The van der Waals surface area contributed by atoms with E-state index in [-0.39, 0.29) is 23.8 Å². The van der Waals surface area contributed by atoms with E-state index in [0.717, 1.165) is 22.6 Å². The summed E-state index contributed by atoms with van der Waals surface area (Å²) in [5, 5.41) is 2.83. The number of hydrogen-bond donors (Lipinski definition) is 1. The molecule has 0 aliphatic carbocycles. The molecule has 28 heavy (non-hydrogen) atoms. The smallest absolute Gasteiger partial charge is 0.269 e. The molecule has 0 radical (unpaired) electrons. The second kappa shape index (κ2) is 9.47. The number of nitrogens with zero attached hydrogens (tertiary/aromatic N) is 1. The number of unbranched alkanes of at least 4 members (excludes halogenated alkanes) is 1. The highest BCUT2D eigenvalue weighted by molar-refractivity contribution is 7.13. The molecular formula is C21H28N2O3S2. The number of thiophene rings is 1. The van der Waals surface area contributed by atoms with Gasteiger partial charge < -0.3 is 5.32 Å². The molecule has 0 atom stereocenters. The van der Waals surface area contributed by atoms with Gasteiger partial charge in [-0.1, -0.05) is 34.1 Å².